The van der Waals surface area contributed by atoms with Crippen molar-refractivity contribution >= 4 is 29.3 Å². The number of hydrogen-bond donors (Lipinski definition) is 2. The lowest BCUT2D eigenvalue weighted by atomic mass is 9.90. The molecule has 3 amide bonds. The number of amides is 3. The van der Waals surface area contributed by atoms with Gasteiger partial charge >= 0.3 is 0 Å². The summed E-state index contributed by atoms with van der Waals surface area (Å²) in [5.41, 5.74) is 2.86. The van der Waals surface area contributed by atoms with Crippen molar-refractivity contribution in [3.8, 4) is 11.8 Å². The van der Waals surface area contributed by atoms with E-state index < -0.39 is 11.9 Å². The van der Waals surface area contributed by atoms with Gasteiger partial charge in [0.2, 0.25) is 11.8 Å². The second-order valence-electron chi connectivity index (χ2n) is 10.1. The first kappa shape index (κ1) is 28.5. The van der Waals surface area contributed by atoms with Crippen molar-refractivity contribution in [2.45, 2.75) is 69.9 Å². The summed E-state index contributed by atoms with van der Waals surface area (Å²) in [4.78, 5) is 40.2. The van der Waals surface area contributed by atoms with E-state index in [1.54, 1.807) is 6.07 Å². The number of fused-ring (bicyclic) bond motifs is 1. The van der Waals surface area contributed by atoms with Crippen LogP contribution in [0.2, 0.25) is 5.02 Å². The van der Waals surface area contributed by atoms with Crippen molar-refractivity contribution in [1.29, 1.82) is 5.26 Å². The fourth-order valence-corrected chi connectivity index (χ4v) is 5.32. The van der Waals surface area contributed by atoms with Gasteiger partial charge in [0.15, 0.2) is 5.75 Å². The predicted molar refractivity (Wildman–Crippen MR) is 144 cm³/mol. The minimum Gasteiger partial charge on any atom is -0.322 e. The number of rotatable bonds is 3. The molecular formula is C29H32ClFN4O4. The van der Waals surface area contributed by atoms with E-state index in [0.717, 1.165) is 18.7 Å². The molecule has 3 aliphatic heterocycles. The highest BCUT2D eigenvalue weighted by atomic mass is 35.5. The first-order valence-corrected chi connectivity index (χ1v) is 13.8. The van der Waals surface area contributed by atoms with Crippen molar-refractivity contribution in [2.24, 2.45) is 0 Å². The zero-order chi connectivity index (χ0) is 27.8. The minimum atomic E-state index is -0.664. The Morgan fingerprint density at radius 2 is 1.69 bits per heavy atom. The Kier molecular flexibility index (Phi) is 9.90. The Labute approximate surface area is 232 Å². The standard InChI is InChI=1S/C13H11FN2O4.C10H9ClN2.C6H12/c14-20-8-1-2-9-7(5-8)6-16(13(9)19)10-3-4-11(17)15-12(10)18;11-9-1-2-10(7(3-9)4-12)8-5-13-6-8;1-2-4-6-5-3-1/h1-2,5,10H,3-4,6H2,(H,15,17,18);1-3,8,13H,5-6H2;1-6H2. The first-order chi connectivity index (χ1) is 18.9. The van der Waals surface area contributed by atoms with Crippen LogP contribution in [-0.4, -0.2) is 41.8 Å². The molecule has 1 saturated carbocycles. The fraction of sp³-hybridized carbons (Fsp3) is 0.448. The molecule has 3 heterocycles. The Morgan fingerprint density at radius 3 is 2.26 bits per heavy atom. The molecular weight excluding hydrogens is 523 g/mol. The second kappa shape index (κ2) is 13.5. The normalized spacial score (nSPS) is 20.3. The molecule has 2 N–H and O–H groups in total. The Bertz CT molecular complexity index is 1240. The Hall–Kier alpha value is -3.48. The smallest absolute Gasteiger partial charge is 0.255 e. The summed E-state index contributed by atoms with van der Waals surface area (Å²) in [7, 11) is 0. The number of nitrogens with one attached hydrogen (secondary N) is 2. The molecule has 2 aromatic carbocycles. The molecule has 4 aliphatic rings. The molecule has 39 heavy (non-hydrogen) atoms. The lowest BCUT2D eigenvalue weighted by Crippen LogP contribution is -2.52. The summed E-state index contributed by atoms with van der Waals surface area (Å²) >= 11 is 5.79. The molecule has 8 nitrogen and oxygen atoms in total. The Morgan fingerprint density at radius 1 is 1.00 bits per heavy atom. The van der Waals surface area contributed by atoms with Gasteiger partial charge in [-0.1, -0.05) is 56.2 Å². The van der Waals surface area contributed by atoms with Crippen LogP contribution < -0.4 is 15.6 Å². The maximum Gasteiger partial charge on any atom is 0.255 e. The van der Waals surface area contributed by atoms with Crippen molar-refractivity contribution in [3.63, 3.8) is 0 Å². The van der Waals surface area contributed by atoms with E-state index in [0.29, 0.717) is 34.1 Å². The van der Waals surface area contributed by atoms with E-state index in [9.17, 15) is 18.9 Å². The average molecular weight is 555 g/mol. The summed E-state index contributed by atoms with van der Waals surface area (Å²) in [6.07, 6.45) is 9.51. The molecule has 206 valence electrons. The molecule has 1 aliphatic carbocycles. The van der Waals surface area contributed by atoms with Gasteiger partial charge in [0.25, 0.3) is 5.91 Å². The van der Waals surface area contributed by atoms with Gasteiger partial charge in [0, 0.05) is 47.1 Å². The number of nitrogens with zero attached hydrogens (tertiary/aromatic N) is 2. The third-order valence-corrected chi connectivity index (χ3v) is 7.68. The van der Waals surface area contributed by atoms with Gasteiger partial charge in [0.05, 0.1) is 11.6 Å². The van der Waals surface area contributed by atoms with Crippen molar-refractivity contribution in [2.75, 3.05) is 13.1 Å². The SMILES string of the molecule is C1CCCCC1.N#Cc1cc(Cl)ccc1C1CNC1.O=C1CCC(N2Cc3cc(OF)ccc3C2=O)C(=O)N1. The molecule has 2 saturated heterocycles. The number of carbonyl (C=O) groups excluding carboxylic acids is 3. The third kappa shape index (κ3) is 7.14. The van der Waals surface area contributed by atoms with E-state index in [2.05, 4.69) is 21.6 Å². The van der Waals surface area contributed by atoms with Crippen LogP contribution in [0.3, 0.4) is 0 Å². The molecule has 0 spiro atoms. The van der Waals surface area contributed by atoms with Crippen LogP contribution in [0, 0.1) is 11.3 Å². The number of imide groups is 1. The molecule has 2 aromatic rings. The van der Waals surface area contributed by atoms with Crippen LogP contribution >= 0.6 is 11.6 Å². The summed E-state index contributed by atoms with van der Waals surface area (Å²) in [6.45, 7) is 2.14. The van der Waals surface area contributed by atoms with Gasteiger partial charge in [-0.25, -0.2) is 0 Å². The second-order valence-corrected chi connectivity index (χ2v) is 10.6. The highest BCUT2D eigenvalue weighted by Gasteiger charge is 2.39. The summed E-state index contributed by atoms with van der Waals surface area (Å²) in [5, 5.41) is 14.9. The quantitative estimate of drug-likeness (QED) is 0.519. The monoisotopic (exact) mass is 554 g/mol. The molecule has 0 radical (unpaired) electrons. The molecule has 1 unspecified atom stereocenters. The molecule has 3 fully saturated rings. The van der Waals surface area contributed by atoms with Crippen LogP contribution in [0.25, 0.3) is 0 Å². The van der Waals surface area contributed by atoms with Crippen molar-refractivity contribution < 1.29 is 23.9 Å². The molecule has 0 aromatic heterocycles. The van der Waals surface area contributed by atoms with Crippen LogP contribution in [0.15, 0.2) is 36.4 Å². The average Bonchev–Trinajstić information content (AvgIpc) is 3.25. The zero-order valence-electron chi connectivity index (χ0n) is 21.7. The lowest BCUT2D eigenvalue weighted by molar-refractivity contribution is -0.136. The van der Waals surface area contributed by atoms with Crippen LogP contribution in [-0.2, 0) is 16.1 Å². The molecule has 10 heteroatoms. The maximum absolute atomic E-state index is 12.2. The van der Waals surface area contributed by atoms with Crippen LogP contribution in [0.4, 0.5) is 4.53 Å². The van der Waals surface area contributed by atoms with Crippen molar-refractivity contribution in [3.05, 3.63) is 63.7 Å². The molecule has 1 atom stereocenters. The van der Waals surface area contributed by atoms with Crippen LogP contribution in [0.1, 0.15) is 84.3 Å². The zero-order valence-corrected chi connectivity index (χ0v) is 22.4. The topological polar surface area (TPSA) is 112 Å². The maximum atomic E-state index is 12.2. The Balaban J connectivity index is 0.000000158. The van der Waals surface area contributed by atoms with Gasteiger partial charge in [-0.2, -0.15) is 5.26 Å². The summed E-state index contributed by atoms with van der Waals surface area (Å²) < 4.78 is 12.1. The largest absolute Gasteiger partial charge is 0.322 e. The highest BCUT2D eigenvalue weighted by molar-refractivity contribution is 6.30. The summed E-state index contributed by atoms with van der Waals surface area (Å²) in [5.74, 6) is -0.582. The fourth-order valence-electron chi connectivity index (χ4n) is 5.15. The third-order valence-electron chi connectivity index (χ3n) is 7.44. The van der Waals surface area contributed by atoms with Crippen LogP contribution in [0.5, 0.6) is 5.75 Å². The predicted octanol–water partition coefficient (Wildman–Crippen LogP) is 4.95. The van der Waals surface area contributed by atoms with Gasteiger partial charge < -0.3 is 10.2 Å². The number of benzene rings is 2. The minimum absolute atomic E-state index is 0.0154. The number of piperidine rings is 1. The molecule has 0 bridgehead atoms. The van der Waals surface area contributed by atoms with Gasteiger partial charge in [-0.3, -0.25) is 24.6 Å². The highest BCUT2D eigenvalue weighted by Crippen LogP contribution is 2.30. The van der Waals surface area contributed by atoms with E-state index >= 15 is 0 Å². The van der Waals surface area contributed by atoms with Gasteiger partial charge in [0.1, 0.15) is 6.04 Å². The first-order valence-electron chi connectivity index (χ1n) is 13.4. The number of halogens is 2. The van der Waals surface area contributed by atoms with Crippen molar-refractivity contribution in [1.82, 2.24) is 15.5 Å². The number of nitriles is 1. The van der Waals surface area contributed by atoms with E-state index in [1.807, 2.05) is 12.1 Å². The van der Waals surface area contributed by atoms with Gasteiger partial charge in [-0.05, 0) is 47.9 Å². The molecule has 6 rings (SSSR count). The number of carbonyl (C=O) groups is 3. The van der Waals surface area contributed by atoms with E-state index in [-0.39, 0.29) is 30.5 Å². The summed E-state index contributed by atoms with van der Waals surface area (Å²) in [6, 6.07) is 11.3. The van der Waals surface area contributed by atoms with E-state index in [4.69, 9.17) is 16.9 Å². The number of hydrogen-bond acceptors (Lipinski definition) is 6. The van der Waals surface area contributed by atoms with E-state index in [1.165, 1.54) is 61.6 Å². The lowest BCUT2D eigenvalue weighted by Gasteiger charge is -2.29. The van der Waals surface area contributed by atoms with Gasteiger partial charge in [-0.15, -0.1) is 0 Å².